The first-order chi connectivity index (χ1) is 10.6. The van der Waals surface area contributed by atoms with Gasteiger partial charge in [0.2, 0.25) is 0 Å². The highest BCUT2D eigenvalue weighted by molar-refractivity contribution is 6.01. The van der Waals surface area contributed by atoms with E-state index in [0.717, 1.165) is 24.4 Å². The predicted octanol–water partition coefficient (Wildman–Crippen LogP) is 3.87. The molecule has 2 rings (SSSR count). The molecule has 0 saturated heterocycles. The molecule has 4 nitrogen and oxygen atoms in total. The van der Waals surface area contributed by atoms with Gasteiger partial charge in [-0.15, -0.1) is 0 Å². The average molecular weight is 318 g/mol. The van der Waals surface area contributed by atoms with Crippen molar-refractivity contribution >= 4 is 11.5 Å². The normalized spacial score (nSPS) is 16.1. The molecule has 0 radical (unpaired) electrons. The van der Waals surface area contributed by atoms with Crippen LogP contribution in [0.1, 0.15) is 58.3 Å². The fourth-order valence-corrected chi connectivity index (χ4v) is 3.57. The Hall–Kier alpha value is -1.55. The van der Waals surface area contributed by atoms with Crippen LogP contribution in [0.15, 0.2) is 18.2 Å². The number of carbonyl (C=O) groups excluding carboxylic acids is 1. The van der Waals surface area contributed by atoms with E-state index in [2.05, 4.69) is 45.3 Å². The van der Waals surface area contributed by atoms with Crippen LogP contribution in [0.5, 0.6) is 5.75 Å². The molecule has 2 N–H and O–H groups in total. The molecule has 0 aromatic heterocycles. The van der Waals surface area contributed by atoms with Crippen LogP contribution in [0.3, 0.4) is 0 Å². The summed E-state index contributed by atoms with van der Waals surface area (Å²) in [7, 11) is 0. The lowest BCUT2D eigenvalue weighted by molar-refractivity contribution is 0.0921. The van der Waals surface area contributed by atoms with Gasteiger partial charge in [0.1, 0.15) is 12.4 Å². The third-order valence-electron chi connectivity index (χ3n) is 3.91. The van der Waals surface area contributed by atoms with E-state index in [1.54, 1.807) is 0 Å². The maximum atomic E-state index is 12.7. The number of benzene rings is 1. The quantitative estimate of drug-likeness (QED) is 0.809. The molecule has 0 aliphatic carbocycles. The zero-order chi connectivity index (χ0) is 17.3. The minimum atomic E-state index is -0.227. The molecule has 0 fully saturated rings. The van der Waals surface area contributed by atoms with Crippen LogP contribution in [-0.2, 0) is 0 Å². The van der Waals surface area contributed by atoms with Gasteiger partial charge in [-0.2, -0.15) is 0 Å². The van der Waals surface area contributed by atoms with Gasteiger partial charge in [0.05, 0.1) is 11.7 Å². The monoisotopic (exact) mass is 318 g/mol. The number of fused-ring (bicyclic) bond motifs is 1. The van der Waals surface area contributed by atoms with Gasteiger partial charge >= 0.3 is 0 Å². The maximum absolute atomic E-state index is 12.7. The zero-order valence-electron chi connectivity index (χ0n) is 15.2. The second-order valence-electron chi connectivity index (χ2n) is 8.34. The van der Waals surface area contributed by atoms with Gasteiger partial charge < -0.3 is 15.4 Å². The van der Waals surface area contributed by atoms with Crippen LogP contribution >= 0.6 is 0 Å². The third-order valence-corrected chi connectivity index (χ3v) is 3.91. The molecule has 1 atom stereocenters. The van der Waals surface area contributed by atoms with Crippen molar-refractivity contribution in [2.75, 3.05) is 18.5 Å². The smallest absolute Gasteiger partial charge is 0.179 e. The predicted molar refractivity (Wildman–Crippen MR) is 95.5 cm³/mol. The molecular formula is C19H30N2O2. The Kier molecular flexibility index (Phi) is 5.04. The van der Waals surface area contributed by atoms with E-state index in [-0.39, 0.29) is 22.8 Å². The minimum absolute atomic E-state index is 0.0943. The Morgan fingerprint density at radius 1 is 1.30 bits per heavy atom. The molecule has 4 heteroatoms. The molecule has 1 unspecified atom stereocenters. The van der Waals surface area contributed by atoms with E-state index in [1.807, 2.05) is 25.1 Å². The minimum Gasteiger partial charge on any atom is -0.490 e. The Morgan fingerprint density at radius 3 is 2.65 bits per heavy atom. The molecule has 128 valence electrons. The van der Waals surface area contributed by atoms with Crippen LogP contribution in [0.4, 0.5) is 5.69 Å². The van der Waals surface area contributed by atoms with Gasteiger partial charge in [-0.05, 0) is 50.8 Å². The molecular weight excluding hydrogens is 288 g/mol. The highest BCUT2D eigenvalue weighted by atomic mass is 16.5. The average Bonchev–Trinajstić information content (AvgIpc) is 2.42. The zero-order valence-corrected chi connectivity index (χ0v) is 15.2. The highest BCUT2D eigenvalue weighted by Gasteiger charge is 2.29. The van der Waals surface area contributed by atoms with Crippen molar-refractivity contribution in [2.45, 2.75) is 59.5 Å². The summed E-state index contributed by atoms with van der Waals surface area (Å²) in [6.45, 7) is 14.4. The summed E-state index contributed by atoms with van der Waals surface area (Å²) in [4.78, 5) is 12.7. The topological polar surface area (TPSA) is 50.4 Å². The number of ether oxygens (including phenoxy) is 1. The summed E-state index contributed by atoms with van der Waals surface area (Å²) in [5.41, 5.74) is 1.74. The molecule has 1 aromatic carbocycles. The molecule has 0 amide bonds. The van der Waals surface area contributed by atoms with Crippen molar-refractivity contribution in [3.8, 4) is 5.75 Å². The van der Waals surface area contributed by atoms with E-state index in [1.165, 1.54) is 0 Å². The summed E-state index contributed by atoms with van der Waals surface area (Å²) in [5, 5.41) is 6.77. The van der Waals surface area contributed by atoms with E-state index in [9.17, 15) is 4.79 Å². The number of carbonyl (C=O) groups is 1. The second-order valence-corrected chi connectivity index (χ2v) is 8.34. The van der Waals surface area contributed by atoms with Crippen LogP contribution < -0.4 is 15.4 Å². The number of hydrogen-bond acceptors (Lipinski definition) is 4. The summed E-state index contributed by atoms with van der Waals surface area (Å²) < 4.78 is 5.56. The molecule has 1 aromatic rings. The van der Waals surface area contributed by atoms with Crippen LogP contribution in [-0.4, -0.2) is 30.5 Å². The summed E-state index contributed by atoms with van der Waals surface area (Å²) in [6.07, 6.45) is 0.997. The standard InChI is InChI=1S/C19H30N2O2/c1-13(21-19(5,6)12-18(2,3)4)17(22)14-7-8-16-15(11-14)20-9-10-23-16/h7-8,11,13,20-21H,9-10,12H2,1-6H3. The number of ketones is 1. The summed E-state index contributed by atoms with van der Waals surface area (Å²) in [6, 6.07) is 5.39. The van der Waals surface area contributed by atoms with Gasteiger partial charge in [-0.25, -0.2) is 0 Å². The molecule has 1 heterocycles. The first kappa shape index (κ1) is 17.8. The van der Waals surface area contributed by atoms with Gasteiger partial charge in [0, 0.05) is 17.6 Å². The summed E-state index contributed by atoms with van der Waals surface area (Å²) >= 11 is 0. The van der Waals surface area contributed by atoms with E-state index >= 15 is 0 Å². The van der Waals surface area contributed by atoms with Crippen molar-refractivity contribution in [2.24, 2.45) is 5.41 Å². The summed E-state index contributed by atoms with van der Waals surface area (Å²) in [5.74, 6) is 0.934. The van der Waals surface area contributed by atoms with Gasteiger partial charge in [-0.1, -0.05) is 20.8 Å². The largest absolute Gasteiger partial charge is 0.490 e. The first-order valence-corrected chi connectivity index (χ1v) is 8.40. The van der Waals surface area contributed by atoms with Gasteiger partial charge in [0.25, 0.3) is 0 Å². The lowest BCUT2D eigenvalue weighted by Gasteiger charge is -2.35. The highest BCUT2D eigenvalue weighted by Crippen LogP contribution is 2.29. The molecule has 0 spiro atoms. The van der Waals surface area contributed by atoms with E-state index < -0.39 is 0 Å². The fourth-order valence-electron chi connectivity index (χ4n) is 3.57. The molecule has 0 bridgehead atoms. The van der Waals surface area contributed by atoms with Crippen molar-refractivity contribution in [1.82, 2.24) is 5.32 Å². The fraction of sp³-hybridized carbons (Fsp3) is 0.632. The SMILES string of the molecule is CC(NC(C)(C)CC(C)(C)C)C(=O)c1ccc2c(c1)NCCO2. The lowest BCUT2D eigenvalue weighted by atomic mass is 9.81. The van der Waals surface area contributed by atoms with Crippen molar-refractivity contribution in [3.63, 3.8) is 0 Å². The molecule has 1 aliphatic heterocycles. The Balaban J connectivity index is 2.07. The Labute approximate surface area is 140 Å². The van der Waals surface area contributed by atoms with Crippen LogP contribution in [0.2, 0.25) is 0 Å². The van der Waals surface area contributed by atoms with Crippen LogP contribution in [0.25, 0.3) is 0 Å². The van der Waals surface area contributed by atoms with Gasteiger partial charge in [-0.3, -0.25) is 4.79 Å². The van der Waals surface area contributed by atoms with Gasteiger partial charge in [0.15, 0.2) is 5.78 Å². The number of anilines is 1. The lowest BCUT2D eigenvalue weighted by Crippen LogP contribution is -2.49. The number of hydrogen-bond donors (Lipinski definition) is 2. The van der Waals surface area contributed by atoms with E-state index in [0.29, 0.717) is 12.2 Å². The number of rotatable bonds is 5. The number of Topliss-reactive ketones (excluding diaryl/α,β-unsaturated/α-hetero) is 1. The Bertz CT molecular complexity index is 573. The van der Waals surface area contributed by atoms with E-state index in [4.69, 9.17) is 4.74 Å². The van der Waals surface area contributed by atoms with Crippen molar-refractivity contribution in [1.29, 1.82) is 0 Å². The van der Waals surface area contributed by atoms with Crippen molar-refractivity contribution in [3.05, 3.63) is 23.8 Å². The molecule has 1 aliphatic rings. The molecule has 0 saturated carbocycles. The first-order valence-electron chi connectivity index (χ1n) is 8.40. The maximum Gasteiger partial charge on any atom is 0.179 e. The Morgan fingerprint density at radius 2 is 2.00 bits per heavy atom. The van der Waals surface area contributed by atoms with Crippen LogP contribution in [0, 0.1) is 5.41 Å². The number of nitrogens with one attached hydrogen (secondary N) is 2. The molecule has 23 heavy (non-hydrogen) atoms. The second kappa shape index (κ2) is 6.52. The third kappa shape index (κ3) is 4.96. The van der Waals surface area contributed by atoms with Crippen molar-refractivity contribution < 1.29 is 9.53 Å².